The van der Waals surface area contributed by atoms with E-state index in [0.29, 0.717) is 0 Å². The van der Waals surface area contributed by atoms with Crippen molar-refractivity contribution in [3.63, 3.8) is 0 Å². The maximum Gasteiger partial charge on any atom is 0.0187 e. The van der Waals surface area contributed by atoms with E-state index in [-0.39, 0.29) is 0 Å². The molecule has 0 unspecified atom stereocenters. The molecule has 0 radical (unpaired) electrons. The zero-order valence-electron chi connectivity index (χ0n) is 20.9. The van der Waals surface area contributed by atoms with E-state index in [1.165, 1.54) is 147 Å². The summed E-state index contributed by atoms with van der Waals surface area (Å²) in [5, 5.41) is 0. The molecule has 0 aromatic heterocycles. The molecule has 0 aromatic rings. The van der Waals surface area contributed by atoms with Crippen molar-refractivity contribution < 1.29 is 0 Å². The summed E-state index contributed by atoms with van der Waals surface area (Å²) in [6, 6.07) is 0. The molecule has 0 aliphatic carbocycles. The van der Waals surface area contributed by atoms with Crippen molar-refractivity contribution in [2.45, 2.75) is 149 Å². The Balaban J connectivity index is 3.56. The average Bonchev–Trinajstić information content (AvgIpc) is 2.70. The highest BCUT2D eigenvalue weighted by Gasteiger charge is 2.05. The number of nitrogens with zero attached hydrogens (tertiary/aromatic N) is 1. The molecule has 0 bridgehead atoms. The quantitative estimate of drug-likeness (QED) is 0.114. The predicted molar refractivity (Wildman–Crippen MR) is 135 cm³/mol. The van der Waals surface area contributed by atoms with Crippen LogP contribution in [0.2, 0.25) is 0 Å². The van der Waals surface area contributed by atoms with Crippen LogP contribution in [-0.2, 0) is 0 Å². The predicted octanol–water partition coefficient (Wildman–Crippen LogP) is 9.71. The second-order valence-corrected chi connectivity index (χ2v) is 9.60. The lowest BCUT2D eigenvalue weighted by Crippen LogP contribution is -2.27. The molecule has 0 atom stereocenters. The average molecular weight is 408 g/mol. The topological polar surface area (TPSA) is 3.24 Å². The summed E-state index contributed by atoms with van der Waals surface area (Å²) in [4.78, 5) is 2.66. The van der Waals surface area contributed by atoms with Crippen molar-refractivity contribution in [2.24, 2.45) is 0 Å². The van der Waals surface area contributed by atoms with Gasteiger partial charge in [0, 0.05) is 6.54 Å². The van der Waals surface area contributed by atoms with Crippen LogP contribution in [0.5, 0.6) is 0 Å². The van der Waals surface area contributed by atoms with Crippen LogP contribution < -0.4 is 0 Å². The minimum atomic E-state index is 1.11. The third-order valence-corrected chi connectivity index (χ3v) is 6.15. The lowest BCUT2D eigenvalue weighted by atomic mass is 10.1. The highest BCUT2D eigenvalue weighted by molar-refractivity contribution is 4.91. The Morgan fingerprint density at radius 3 is 1.03 bits per heavy atom. The molecule has 0 heterocycles. The zero-order chi connectivity index (χ0) is 21.4. The molecular formula is C28H57N. The number of hydrogen-bond donors (Lipinski definition) is 0. The van der Waals surface area contributed by atoms with E-state index in [4.69, 9.17) is 0 Å². The maximum atomic E-state index is 4.15. The van der Waals surface area contributed by atoms with Gasteiger partial charge in [0.1, 0.15) is 0 Å². The van der Waals surface area contributed by atoms with Gasteiger partial charge >= 0.3 is 0 Å². The van der Waals surface area contributed by atoms with Crippen LogP contribution >= 0.6 is 0 Å². The Morgan fingerprint density at radius 1 is 0.483 bits per heavy atom. The summed E-state index contributed by atoms with van der Waals surface area (Å²) in [6.45, 7) is 14.6. The molecule has 0 saturated heterocycles. The fourth-order valence-electron chi connectivity index (χ4n) is 4.30. The fourth-order valence-corrected chi connectivity index (χ4v) is 4.30. The van der Waals surface area contributed by atoms with Gasteiger partial charge in [-0.1, -0.05) is 142 Å². The van der Waals surface area contributed by atoms with Gasteiger partial charge in [0.2, 0.25) is 0 Å². The summed E-state index contributed by atoms with van der Waals surface area (Å²) >= 11 is 0. The second-order valence-electron chi connectivity index (χ2n) is 9.60. The summed E-state index contributed by atoms with van der Waals surface area (Å²) in [5.41, 5.74) is 1.32. The third kappa shape index (κ3) is 23.8. The third-order valence-electron chi connectivity index (χ3n) is 6.15. The van der Waals surface area contributed by atoms with Crippen LogP contribution in [0.4, 0.5) is 0 Å². The van der Waals surface area contributed by atoms with Crippen molar-refractivity contribution >= 4 is 0 Å². The SMILES string of the molecule is C=C(C)CN(CCCCCCCCCCCC)CCCCCCCCCCCC. The molecule has 174 valence electrons. The molecule has 0 spiro atoms. The molecule has 0 fully saturated rings. The van der Waals surface area contributed by atoms with Crippen LogP contribution in [0.25, 0.3) is 0 Å². The maximum absolute atomic E-state index is 4.15. The van der Waals surface area contributed by atoms with Crippen LogP contribution in [0, 0.1) is 0 Å². The van der Waals surface area contributed by atoms with Gasteiger partial charge in [0.05, 0.1) is 0 Å². The largest absolute Gasteiger partial charge is 0.299 e. The van der Waals surface area contributed by atoms with Gasteiger partial charge in [-0.2, -0.15) is 0 Å². The van der Waals surface area contributed by atoms with Crippen molar-refractivity contribution in [3.05, 3.63) is 12.2 Å². The summed E-state index contributed by atoms with van der Waals surface area (Å²) in [5.74, 6) is 0. The Labute approximate surface area is 186 Å². The molecule has 0 aliphatic heterocycles. The van der Waals surface area contributed by atoms with E-state index < -0.39 is 0 Å². The summed E-state index contributed by atoms with van der Waals surface area (Å²) in [7, 11) is 0. The Hall–Kier alpha value is -0.300. The van der Waals surface area contributed by atoms with Gasteiger partial charge in [-0.25, -0.2) is 0 Å². The van der Waals surface area contributed by atoms with E-state index in [9.17, 15) is 0 Å². The molecule has 0 amide bonds. The molecular weight excluding hydrogens is 350 g/mol. The smallest absolute Gasteiger partial charge is 0.0187 e. The monoisotopic (exact) mass is 407 g/mol. The summed E-state index contributed by atoms with van der Waals surface area (Å²) in [6.07, 6.45) is 28.6. The molecule has 0 rings (SSSR count). The molecule has 0 saturated carbocycles. The van der Waals surface area contributed by atoms with Crippen LogP contribution in [0.3, 0.4) is 0 Å². The van der Waals surface area contributed by atoms with E-state index in [1.54, 1.807) is 0 Å². The van der Waals surface area contributed by atoms with E-state index in [1.807, 2.05) is 0 Å². The van der Waals surface area contributed by atoms with Gasteiger partial charge in [-0.05, 0) is 32.9 Å². The van der Waals surface area contributed by atoms with Gasteiger partial charge in [-0.3, -0.25) is 4.90 Å². The van der Waals surface area contributed by atoms with Crippen molar-refractivity contribution in [1.29, 1.82) is 0 Å². The van der Waals surface area contributed by atoms with E-state index in [0.717, 1.165) is 6.54 Å². The Morgan fingerprint density at radius 2 is 0.759 bits per heavy atom. The first-order valence-corrected chi connectivity index (χ1v) is 13.6. The Kier molecular flexibility index (Phi) is 23.7. The number of rotatable bonds is 24. The van der Waals surface area contributed by atoms with Crippen molar-refractivity contribution in [1.82, 2.24) is 4.90 Å². The normalized spacial score (nSPS) is 11.4. The molecule has 0 N–H and O–H groups in total. The van der Waals surface area contributed by atoms with Crippen molar-refractivity contribution in [2.75, 3.05) is 19.6 Å². The first kappa shape index (κ1) is 28.7. The highest BCUT2D eigenvalue weighted by atomic mass is 15.1. The minimum absolute atomic E-state index is 1.11. The van der Waals surface area contributed by atoms with Crippen molar-refractivity contribution in [3.8, 4) is 0 Å². The lowest BCUT2D eigenvalue weighted by molar-refractivity contribution is 0.280. The van der Waals surface area contributed by atoms with E-state index >= 15 is 0 Å². The standard InChI is InChI=1S/C28H57N/c1-5-7-9-11-13-15-17-19-21-23-25-29(27-28(3)4)26-24-22-20-18-16-14-12-10-8-6-2/h3,5-27H2,1-2,4H3. The molecule has 0 aliphatic rings. The van der Waals surface area contributed by atoms with Gasteiger partial charge < -0.3 is 0 Å². The van der Waals surface area contributed by atoms with Crippen LogP contribution in [-0.4, -0.2) is 24.5 Å². The molecule has 29 heavy (non-hydrogen) atoms. The minimum Gasteiger partial charge on any atom is -0.299 e. The number of hydrogen-bond acceptors (Lipinski definition) is 1. The molecule has 1 heteroatoms. The zero-order valence-corrected chi connectivity index (χ0v) is 20.9. The first-order valence-electron chi connectivity index (χ1n) is 13.6. The van der Waals surface area contributed by atoms with Gasteiger partial charge in [0.15, 0.2) is 0 Å². The second kappa shape index (κ2) is 24.0. The lowest BCUT2D eigenvalue weighted by Gasteiger charge is -2.22. The molecule has 1 nitrogen and oxygen atoms in total. The van der Waals surface area contributed by atoms with Gasteiger partial charge in [-0.15, -0.1) is 0 Å². The number of unbranched alkanes of at least 4 members (excludes halogenated alkanes) is 18. The molecule has 0 aromatic carbocycles. The fraction of sp³-hybridized carbons (Fsp3) is 0.929. The first-order chi connectivity index (χ1) is 14.2. The summed E-state index contributed by atoms with van der Waals surface area (Å²) < 4.78 is 0. The van der Waals surface area contributed by atoms with Crippen LogP contribution in [0.15, 0.2) is 12.2 Å². The Bertz CT molecular complexity index is 298. The van der Waals surface area contributed by atoms with E-state index in [2.05, 4.69) is 32.3 Å². The van der Waals surface area contributed by atoms with Crippen LogP contribution in [0.1, 0.15) is 149 Å². The van der Waals surface area contributed by atoms with Gasteiger partial charge in [0.25, 0.3) is 0 Å². The highest BCUT2D eigenvalue weighted by Crippen LogP contribution is 2.13.